The summed E-state index contributed by atoms with van der Waals surface area (Å²) in [5, 5.41) is 3.00. The molecule has 28 heavy (non-hydrogen) atoms. The lowest BCUT2D eigenvalue weighted by Gasteiger charge is -2.08. The maximum Gasteiger partial charge on any atom is 0.229 e. The highest BCUT2D eigenvalue weighted by atomic mass is 19.1. The Kier molecular flexibility index (Phi) is 4.65. The van der Waals surface area contributed by atoms with Crippen molar-refractivity contribution >= 4 is 17.4 Å². The van der Waals surface area contributed by atoms with E-state index in [2.05, 4.69) is 5.32 Å². The minimum absolute atomic E-state index is 0.159. The second-order valence-corrected chi connectivity index (χ2v) is 6.96. The van der Waals surface area contributed by atoms with Crippen molar-refractivity contribution in [1.82, 2.24) is 9.38 Å². The van der Waals surface area contributed by atoms with E-state index < -0.39 is 0 Å². The average Bonchev–Trinajstić information content (AvgIpc) is 3.01. The molecule has 1 amide bonds. The van der Waals surface area contributed by atoms with Crippen LogP contribution in [-0.4, -0.2) is 15.3 Å². The molecule has 0 spiro atoms. The van der Waals surface area contributed by atoms with Crippen LogP contribution in [0.15, 0.2) is 66.9 Å². The number of aryl methyl sites for hydroxylation is 2. The van der Waals surface area contributed by atoms with Gasteiger partial charge in [0.1, 0.15) is 23.0 Å². The number of hydrogen-bond donors (Lipinski definition) is 1. The first-order valence-corrected chi connectivity index (χ1v) is 9.09. The Morgan fingerprint density at radius 3 is 2.43 bits per heavy atom. The summed E-state index contributed by atoms with van der Waals surface area (Å²) in [6.45, 7) is 4.04. The monoisotopic (exact) mass is 373 g/mol. The molecule has 0 aliphatic carbocycles. The third-order valence-electron chi connectivity index (χ3n) is 4.64. The number of nitrogens with one attached hydrogen (secondary N) is 1. The maximum absolute atomic E-state index is 13.1. The van der Waals surface area contributed by atoms with Crippen molar-refractivity contribution in [1.29, 1.82) is 0 Å². The lowest BCUT2D eigenvalue weighted by atomic mass is 10.1. The highest BCUT2D eigenvalue weighted by molar-refractivity contribution is 5.95. The number of amides is 1. The highest BCUT2D eigenvalue weighted by Gasteiger charge is 2.17. The number of rotatable bonds is 4. The van der Waals surface area contributed by atoms with Crippen molar-refractivity contribution in [3.8, 4) is 11.3 Å². The Morgan fingerprint density at radius 2 is 1.71 bits per heavy atom. The zero-order valence-electron chi connectivity index (χ0n) is 15.7. The summed E-state index contributed by atoms with van der Waals surface area (Å²) in [4.78, 5) is 17.4. The molecule has 2 aromatic carbocycles. The summed E-state index contributed by atoms with van der Waals surface area (Å²) >= 11 is 0. The van der Waals surface area contributed by atoms with E-state index in [1.165, 1.54) is 12.1 Å². The topological polar surface area (TPSA) is 46.4 Å². The molecule has 0 aliphatic heterocycles. The first-order valence-electron chi connectivity index (χ1n) is 9.09. The molecular formula is C23H20FN3O. The van der Waals surface area contributed by atoms with Gasteiger partial charge in [-0.05, 0) is 49.2 Å². The molecule has 4 nitrogen and oxygen atoms in total. The van der Waals surface area contributed by atoms with Gasteiger partial charge in [-0.15, -0.1) is 0 Å². The minimum atomic E-state index is -0.317. The summed E-state index contributed by atoms with van der Waals surface area (Å²) in [7, 11) is 0. The molecular weight excluding hydrogens is 353 g/mol. The van der Waals surface area contributed by atoms with Crippen LogP contribution in [0.5, 0.6) is 0 Å². The van der Waals surface area contributed by atoms with Gasteiger partial charge in [0.2, 0.25) is 5.91 Å². The Hall–Kier alpha value is -3.47. The number of pyridine rings is 1. The number of nitrogens with zero attached hydrogens (tertiary/aromatic N) is 2. The lowest BCUT2D eigenvalue weighted by Crippen LogP contribution is -2.16. The standard InChI is InChI=1S/C23H20FN3O/c1-15-3-7-18(8-4-15)22-23(27-12-11-16(2)13-20(27)25-22)26-21(28)14-17-5-9-19(24)10-6-17/h3-13H,14H2,1-2H3,(H,26,28). The van der Waals surface area contributed by atoms with Crippen LogP contribution in [0.4, 0.5) is 10.2 Å². The SMILES string of the molecule is Cc1ccc(-c2nc3cc(C)ccn3c2NC(=O)Cc2ccc(F)cc2)cc1. The van der Waals surface area contributed by atoms with Gasteiger partial charge in [-0.1, -0.05) is 42.0 Å². The van der Waals surface area contributed by atoms with E-state index in [0.717, 1.165) is 33.6 Å². The first-order chi connectivity index (χ1) is 13.5. The highest BCUT2D eigenvalue weighted by Crippen LogP contribution is 2.29. The van der Waals surface area contributed by atoms with Gasteiger partial charge in [-0.25, -0.2) is 9.37 Å². The second-order valence-electron chi connectivity index (χ2n) is 6.96. The van der Waals surface area contributed by atoms with Crippen molar-refractivity contribution in [2.75, 3.05) is 5.32 Å². The molecule has 2 aromatic heterocycles. The number of aromatic nitrogens is 2. The van der Waals surface area contributed by atoms with Gasteiger partial charge in [0.25, 0.3) is 0 Å². The Morgan fingerprint density at radius 1 is 1.00 bits per heavy atom. The molecule has 0 unspecified atom stereocenters. The zero-order valence-corrected chi connectivity index (χ0v) is 15.7. The van der Waals surface area contributed by atoms with Crippen molar-refractivity contribution < 1.29 is 9.18 Å². The van der Waals surface area contributed by atoms with Gasteiger partial charge in [0, 0.05) is 11.8 Å². The number of halogens is 1. The van der Waals surface area contributed by atoms with E-state index in [1.807, 2.05) is 60.8 Å². The quantitative estimate of drug-likeness (QED) is 0.551. The molecule has 0 saturated heterocycles. The molecule has 0 fully saturated rings. The van der Waals surface area contributed by atoms with Crippen LogP contribution in [0.1, 0.15) is 16.7 Å². The Balaban J connectivity index is 1.71. The molecule has 0 saturated carbocycles. The Bertz CT molecular complexity index is 1150. The van der Waals surface area contributed by atoms with Crippen LogP contribution >= 0.6 is 0 Å². The van der Waals surface area contributed by atoms with Crippen LogP contribution < -0.4 is 5.32 Å². The molecule has 4 rings (SSSR count). The van der Waals surface area contributed by atoms with E-state index in [9.17, 15) is 9.18 Å². The second kappa shape index (κ2) is 7.27. The number of anilines is 1. The zero-order chi connectivity index (χ0) is 19.7. The van der Waals surface area contributed by atoms with Gasteiger partial charge in [0.05, 0.1) is 6.42 Å². The molecule has 140 valence electrons. The van der Waals surface area contributed by atoms with E-state index in [4.69, 9.17) is 4.98 Å². The summed E-state index contributed by atoms with van der Waals surface area (Å²) in [6, 6.07) is 18.0. The smallest absolute Gasteiger partial charge is 0.229 e. The molecule has 0 radical (unpaired) electrons. The summed E-state index contributed by atoms with van der Waals surface area (Å²) in [5.41, 5.74) is 5.43. The summed E-state index contributed by atoms with van der Waals surface area (Å²) in [5.74, 6) is 0.135. The van der Waals surface area contributed by atoms with Gasteiger partial charge in [0.15, 0.2) is 0 Å². The molecule has 0 aliphatic rings. The molecule has 0 atom stereocenters. The third kappa shape index (κ3) is 3.64. The largest absolute Gasteiger partial charge is 0.310 e. The number of fused-ring (bicyclic) bond motifs is 1. The van der Waals surface area contributed by atoms with Crippen LogP contribution in [0.2, 0.25) is 0 Å². The van der Waals surface area contributed by atoms with Crippen LogP contribution in [0, 0.1) is 19.7 Å². The maximum atomic E-state index is 13.1. The normalized spacial score (nSPS) is 11.0. The molecule has 0 bridgehead atoms. The van der Waals surface area contributed by atoms with Gasteiger partial charge in [-0.3, -0.25) is 9.20 Å². The van der Waals surface area contributed by atoms with E-state index in [-0.39, 0.29) is 18.1 Å². The number of hydrogen-bond acceptors (Lipinski definition) is 2. The van der Waals surface area contributed by atoms with Crippen LogP contribution in [0.25, 0.3) is 16.9 Å². The van der Waals surface area contributed by atoms with Crippen LogP contribution in [-0.2, 0) is 11.2 Å². The molecule has 5 heteroatoms. The third-order valence-corrected chi connectivity index (χ3v) is 4.64. The summed E-state index contributed by atoms with van der Waals surface area (Å²) < 4.78 is 15.0. The molecule has 4 aromatic rings. The van der Waals surface area contributed by atoms with Gasteiger partial charge in [-0.2, -0.15) is 0 Å². The number of carbonyl (C=O) groups is 1. The predicted octanol–water partition coefficient (Wildman–Crippen LogP) is 4.94. The van der Waals surface area contributed by atoms with Gasteiger partial charge >= 0.3 is 0 Å². The van der Waals surface area contributed by atoms with Crippen LogP contribution in [0.3, 0.4) is 0 Å². The fourth-order valence-electron chi connectivity index (χ4n) is 3.14. The van der Waals surface area contributed by atoms with Crippen molar-refractivity contribution in [2.45, 2.75) is 20.3 Å². The fourth-order valence-corrected chi connectivity index (χ4v) is 3.14. The summed E-state index contributed by atoms with van der Waals surface area (Å²) in [6.07, 6.45) is 2.07. The van der Waals surface area contributed by atoms with Crippen molar-refractivity contribution in [3.05, 3.63) is 89.4 Å². The van der Waals surface area contributed by atoms with E-state index >= 15 is 0 Å². The Labute approximate surface area is 162 Å². The molecule has 1 N–H and O–H groups in total. The van der Waals surface area contributed by atoms with Gasteiger partial charge < -0.3 is 5.32 Å². The first kappa shape index (κ1) is 17.9. The number of imidazole rings is 1. The molecule has 2 heterocycles. The predicted molar refractivity (Wildman–Crippen MR) is 109 cm³/mol. The van der Waals surface area contributed by atoms with E-state index in [1.54, 1.807) is 12.1 Å². The van der Waals surface area contributed by atoms with Crippen molar-refractivity contribution in [3.63, 3.8) is 0 Å². The fraction of sp³-hybridized carbons (Fsp3) is 0.130. The lowest BCUT2D eigenvalue weighted by molar-refractivity contribution is -0.115. The van der Waals surface area contributed by atoms with Crippen molar-refractivity contribution in [2.24, 2.45) is 0 Å². The number of carbonyl (C=O) groups excluding carboxylic acids is 1. The number of benzene rings is 2. The average molecular weight is 373 g/mol. The van der Waals surface area contributed by atoms with E-state index in [0.29, 0.717) is 5.82 Å². The minimum Gasteiger partial charge on any atom is -0.310 e.